The van der Waals surface area contributed by atoms with Crippen molar-refractivity contribution in [3.05, 3.63) is 53.3 Å². The van der Waals surface area contributed by atoms with Crippen LogP contribution in [0.15, 0.2) is 36.4 Å². The van der Waals surface area contributed by atoms with Gasteiger partial charge in [0.15, 0.2) is 18.1 Å². The maximum Gasteiger partial charge on any atom is 0.422 e. The Morgan fingerprint density at radius 2 is 1.82 bits per heavy atom. The number of hydrogen-bond donors (Lipinski definition) is 4. The van der Waals surface area contributed by atoms with Crippen molar-refractivity contribution in [1.29, 1.82) is 0 Å². The molecule has 0 saturated carbocycles. The van der Waals surface area contributed by atoms with Crippen LogP contribution in [0.5, 0.6) is 5.75 Å². The summed E-state index contributed by atoms with van der Waals surface area (Å²) in [6.45, 7) is 0.190. The largest absolute Gasteiger partial charge is 0.481 e. The number of amides is 2. The number of hydrogen-bond acceptors (Lipinski definition) is 6. The third-order valence-corrected chi connectivity index (χ3v) is 8.11. The summed E-state index contributed by atoms with van der Waals surface area (Å²) in [5, 5.41) is 5.69. The van der Waals surface area contributed by atoms with E-state index in [1.54, 1.807) is 30.3 Å². The van der Waals surface area contributed by atoms with Gasteiger partial charge in [-0.25, -0.2) is 4.98 Å². The molecule has 38 heavy (non-hydrogen) atoms. The number of carbonyl (C=O) groups excluding carboxylic acids is 2. The van der Waals surface area contributed by atoms with Crippen LogP contribution in [-0.2, 0) is 13.5 Å². The summed E-state index contributed by atoms with van der Waals surface area (Å²) in [5.74, 6) is -1.12. The van der Waals surface area contributed by atoms with Crippen LogP contribution in [0.4, 0.5) is 18.9 Å². The Morgan fingerprint density at radius 1 is 1.16 bits per heavy atom. The Morgan fingerprint density at radius 3 is 2.42 bits per heavy atom. The van der Waals surface area contributed by atoms with Gasteiger partial charge in [-0.2, -0.15) is 23.8 Å². The third kappa shape index (κ3) is 6.22. The van der Waals surface area contributed by atoms with E-state index in [1.165, 1.54) is 17.7 Å². The van der Waals surface area contributed by atoms with Gasteiger partial charge in [-0.1, -0.05) is 25.1 Å². The zero-order valence-electron chi connectivity index (χ0n) is 20.8. The second-order valence-electron chi connectivity index (χ2n) is 9.13. The Kier molecular flexibility index (Phi) is 7.90. The molecule has 4 rings (SSSR count). The van der Waals surface area contributed by atoms with Crippen molar-refractivity contribution in [3.8, 4) is 5.75 Å². The van der Waals surface area contributed by atoms with E-state index < -0.39 is 35.2 Å². The number of ether oxygens (including phenoxy) is 1. The van der Waals surface area contributed by atoms with Crippen LogP contribution in [0, 0.1) is 0 Å². The zero-order valence-corrected chi connectivity index (χ0v) is 21.7. The fraction of sp³-hybridized carbons (Fsp3) is 0.400. The Hall–Kier alpha value is -3.29. The standard InChI is InChI=1S/C25H29F3N4O5S/c1-3-18-19(31-23(33)15-7-5-4-6-8-15)13-17-21(37-14-25(26,27)28)20(32(2)22(17)30-18)24(34)29-16-9-11-38(35,36)12-10-16/h4-8,13,16,35-36H,3,9-12,14H2,1-2H3,(H,29,34)(H,31,33). The Labute approximate surface area is 218 Å². The number of carbonyl (C=O) groups is 2. The lowest BCUT2D eigenvalue weighted by Gasteiger charge is -2.39. The number of pyridine rings is 1. The molecule has 13 heteroatoms. The van der Waals surface area contributed by atoms with Crippen LogP contribution in [-0.4, -0.2) is 60.8 Å². The summed E-state index contributed by atoms with van der Waals surface area (Å²) in [5.41, 5.74) is 1.23. The normalized spacial score (nSPS) is 16.7. The van der Waals surface area contributed by atoms with Gasteiger partial charge >= 0.3 is 6.18 Å². The SMILES string of the molecule is CCc1nc2c(cc1NC(=O)c1ccccc1)c(OCC(F)(F)F)c(C(=O)NC1CCS(O)(O)CC1)n2C. The molecule has 0 atom stereocenters. The van der Waals surface area contributed by atoms with Gasteiger partial charge in [0.1, 0.15) is 5.65 Å². The molecule has 2 aromatic heterocycles. The minimum atomic E-state index is -4.66. The number of nitrogens with one attached hydrogen (secondary N) is 2. The van der Waals surface area contributed by atoms with Crippen LogP contribution in [0.3, 0.4) is 0 Å². The molecule has 0 bridgehead atoms. The average molecular weight is 555 g/mol. The number of anilines is 1. The van der Waals surface area contributed by atoms with E-state index in [1.807, 2.05) is 6.92 Å². The van der Waals surface area contributed by atoms with Gasteiger partial charge in [-0.15, -0.1) is 0 Å². The van der Waals surface area contributed by atoms with E-state index in [9.17, 15) is 31.9 Å². The molecule has 0 spiro atoms. The van der Waals surface area contributed by atoms with E-state index in [2.05, 4.69) is 15.6 Å². The number of rotatable bonds is 7. The first-order valence-corrected chi connectivity index (χ1v) is 13.9. The predicted molar refractivity (Wildman–Crippen MR) is 139 cm³/mol. The summed E-state index contributed by atoms with van der Waals surface area (Å²) >= 11 is 0. The van der Waals surface area contributed by atoms with E-state index in [0.717, 1.165) is 0 Å². The van der Waals surface area contributed by atoms with Gasteiger partial charge < -0.3 is 19.9 Å². The molecule has 4 N–H and O–H groups in total. The lowest BCUT2D eigenvalue weighted by atomic mass is 10.1. The first kappa shape index (κ1) is 27.7. The number of aryl methyl sites for hydroxylation is 2. The summed E-state index contributed by atoms with van der Waals surface area (Å²) in [7, 11) is -1.17. The van der Waals surface area contributed by atoms with Crippen molar-refractivity contribution in [1.82, 2.24) is 14.9 Å². The number of aromatic nitrogens is 2. The molecule has 1 saturated heterocycles. The molecule has 1 aliphatic heterocycles. The smallest absolute Gasteiger partial charge is 0.422 e. The molecule has 0 aliphatic carbocycles. The number of nitrogens with zero attached hydrogens (tertiary/aromatic N) is 2. The molecule has 2 amide bonds. The summed E-state index contributed by atoms with van der Waals surface area (Å²) in [6.07, 6.45) is -3.61. The van der Waals surface area contributed by atoms with E-state index in [4.69, 9.17) is 4.74 Å². The van der Waals surface area contributed by atoms with Gasteiger partial charge in [0, 0.05) is 30.2 Å². The molecule has 3 aromatic rings. The van der Waals surface area contributed by atoms with E-state index >= 15 is 0 Å². The Bertz CT molecular complexity index is 1330. The molecule has 206 valence electrons. The first-order valence-electron chi connectivity index (χ1n) is 12.0. The molecule has 0 unspecified atom stereocenters. The molecule has 1 aromatic carbocycles. The second kappa shape index (κ2) is 10.8. The predicted octanol–water partition coefficient (Wildman–Crippen LogP) is 4.97. The number of alkyl halides is 3. The van der Waals surface area contributed by atoms with Gasteiger partial charge in [0.2, 0.25) is 0 Å². The monoisotopic (exact) mass is 554 g/mol. The lowest BCUT2D eigenvalue weighted by molar-refractivity contribution is -0.153. The van der Waals surface area contributed by atoms with Crippen LogP contribution < -0.4 is 15.4 Å². The molecule has 1 fully saturated rings. The van der Waals surface area contributed by atoms with Gasteiger partial charge in [0.25, 0.3) is 11.8 Å². The summed E-state index contributed by atoms with van der Waals surface area (Å²) in [4.78, 5) is 30.6. The molecular formula is C25H29F3N4O5S. The van der Waals surface area contributed by atoms with Gasteiger partial charge in [0.05, 0.1) is 16.8 Å². The summed E-state index contributed by atoms with van der Waals surface area (Å²) in [6, 6.07) is 9.52. The highest BCUT2D eigenvalue weighted by Gasteiger charge is 2.33. The highest BCUT2D eigenvalue weighted by Crippen LogP contribution is 2.44. The highest BCUT2D eigenvalue weighted by atomic mass is 32.3. The molecule has 1 aliphatic rings. The third-order valence-electron chi connectivity index (χ3n) is 6.33. The van der Waals surface area contributed by atoms with Crippen molar-refractivity contribution in [3.63, 3.8) is 0 Å². The topological polar surface area (TPSA) is 126 Å². The van der Waals surface area contributed by atoms with Crippen molar-refractivity contribution in [2.75, 3.05) is 23.4 Å². The van der Waals surface area contributed by atoms with Crippen molar-refractivity contribution >= 4 is 39.1 Å². The van der Waals surface area contributed by atoms with Crippen molar-refractivity contribution in [2.45, 2.75) is 38.4 Å². The highest BCUT2D eigenvalue weighted by molar-refractivity contribution is 8.24. The second-order valence-corrected chi connectivity index (χ2v) is 11.5. The average Bonchev–Trinajstić information content (AvgIpc) is 3.14. The molecular weight excluding hydrogens is 525 g/mol. The van der Waals surface area contributed by atoms with Crippen LogP contribution in [0.25, 0.3) is 11.0 Å². The maximum atomic E-state index is 13.3. The molecule has 9 nitrogen and oxygen atoms in total. The van der Waals surface area contributed by atoms with Crippen LogP contribution >= 0.6 is 10.6 Å². The minimum Gasteiger partial charge on any atom is -0.481 e. The summed E-state index contributed by atoms with van der Waals surface area (Å²) < 4.78 is 65.6. The van der Waals surface area contributed by atoms with Crippen molar-refractivity contribution < 1.29 is 36.6 Å². The fourth-order valence-corrected chi connectivity index (χ4v) is 5.90. The number of benzene rings is 1. The zero-order chi connectivity index (χ0) is 27.7. The number of fused-ring (bicyclic) bond motifs is 1. The maximum absolute atomic E-state index is 13.3. The first-order chi connectivity index (χ1) is 17.9. The van der Waals surface area contributed by atoms with Crippen LogP contribution in [0.1, 0.15) is 46.3 Å². The van der Waals surface area contributed by atoms with Gasteiger partial charge in [-0.05, 0) is 37.5 Å². The molecule has 3 heterocycles. The quantitative estimate of drug-likeness (QED) is 0.327. The fourth-order valence-electron chi connectivity index (χ4n) is 4.37. The van der Waals surface area contributed by atoms with Crippen LogP contribution in [0.2, 0.25) is 0 Å². The Balaban J connectivity index is 1.74. The van der Waals surface area contributed by atoms with Gasteiger partial charge in [-0.3, -0.25) is 18.7 Å². The number of halogens is 3. The van der Waals surface area contributed by atoms with E-state index in [0.29, 0.717) is 36.2 Å². The lowest BCUT2D eigenvalue weighted by Crippen LogP contribution is -2.40. The molecule has 0 radical (unpaired) electrons. The van der Waals surface area contributed by atoms with Crippen molar-refractivity contribution in [2.24, 2.45) is 7.05 Å². The minimum absolute atomic E-state index is 0.135. The van der Waals surface area contributed by atoms with E-state index in [-0.39, 0.29) is 40.0 Å².